The number of likely N-dealkylation sites (tertiary alicyclic amines) is 1. The lowest BCUT2D eigenvalue weighted by molar-refractivity contribution is -0.384. The number of carbonyl (C=O) groups is 2. The number of hydrogen-bond acceptors (Lipinski definition) is 5. The van der Waals surface area contributed by atoms with E-state index in [1.165, 1.54) is 11.0 Å². The number of anilines is 1. The number of hydrogen-bond donors (Lipinski definition) is 1. The van der Waals surface area contributed by atoms with Gasteiger partial charge in [0, 0.05) is 42.7 Å². The molecule has 1 aliphatic carbocycles. The zero-order valence-electron chi connectivity index (χ0n) is 13.7. The normalized spacial score (nSPS) is 24.3. The van der Waals surface area contributed by atoms with Crippen molar-refractivity contribution >= 4 is 23.2 Å². The average Bonchev–Trinajstić information content (AvgIpc) is 2.89. The van der Waals surface area contributed by atoms with Crippen molar-refractivity contribution in [1.29, 1.82) is 0 Å². The molecule has 1 N–H and O–H groups in total. The molecule has 1 heterocycles. The molecule has 3 rings (SSSR count). The molecule has 24 heavy (non-hydrogen) atoms. The molecular weight excluding hydrogens is 310 g/mol. The predicted molar refractivity (Wildman–Crippen MR) is 88.6 cm³/mol. The van der Waals surface area contributed by atoms with Crippen molar-refractivity contribution in [2.75, 3.05) is 5.32 Å². The highest BCUT2D eigenvalue weighted by molar-refractivity contribution is 6.02. The van der Waals surface area contributed by atoms with Gasteiger partial charge in [0.1, 0.15) is 0 Å². The number of non-ortho nitro benzene ring substituents is 1. The highest BCUT2D eigenvalue weighted by Crippen LogP contribution is 2.30. The van der Waals surface area contributed by atoms with Gasteiger partial charge in [-0.15, -0.1) is 0 Å². The van der Waals surface area contributed by atoms with Crippen molar-refractivity contribution in [3.63, 3.8) is 0 Å². The predicted octanol–water partition coefficient (Wildman–Crippen LogP) is 2.78. The van der Waals surface area contributed by atoms with Crippen molar-refractivity contribution in [3.8, 4) is 0 Å². The fourth-order valence-electron chi connectivity index (χ4n) is 3.62. The van der Waals surface area contributed by atoms with Crippen molar-refractivity contribution < 1.29 is 14.5 Å². The number of imide groups is 1. The van der Waals surface area contributed by atoms with E-state index in [9.17, 15) is 19.7 Å². The summed E-state index contributed by atoms with van der Waals surface area (Å²) in [6, 6.07) is 5.10. The van der Waals surface area contributed by atoms with E-state index in [0.717, 1.165) is 36.9 Å². The molecule has 2 amide bonds. The Labute approximate surface area is 140 Å². The fraction of sp³-hybridized carbons (Fsp3) is 0.529. The molecule has 2 aliphatic rings. The van der Waals surface area contributed by atoms with E-state index in [1.807, 2.05) is 6.92 Å². The second kappa shape index (κ2) is 6.59. The molecule has 1 aromatic rings. The molecule has 1 aromatic carbocycles. The lowest BCUT2D eigenvalue weighted by Gasteiger charge is -2.34. The Balaban J connectivity index is 1.59. The van der Waals surface area contributed by atoms with Gasteiger partial charge in [-0.2, -0.15) is 0 Å². The van der Waals surface area contributed by atoms with Gasteiger partial charge in [0.25, 0.3) is 5.69 Å². The number of nitro benzene ring substituents is 1. The first-order valence-electron chi connectivity index (χ1n) is 8.32. The van der Waals surface area contributed by atoms with Crippen LogP contribution in [-0.4, -0.2) is 33.7 Å². The van der Waals surface area contributed by atoms with Crippen molar-refractivity contribution in [2.45, 2.75) is 57.5 Å². The highest BCUT2D eigenvalue weighted by Gasteiger charge is 2.36. The van der Waals surface area contributed by atoms with E-state index in [2.05, 4.69) is 5.32 Å². The second-order valence-electron chi connectivity index (χ2n) is 6.56. The van der Waals surface area contributed by atoms with Gasteiger partial charge in [-0.3, -0.25) is 24.6 Å². The van der Waals surface area contributed by atoms with Gasteiger partial charge in [-0.1, -0.05) is 0 Å². The van der Waals surface area contributed by atoms with Crippen molar-refractivity contribution in [2.24, 2.45) is 0 Å². The van der Waals surface area contributed by atoms with Crippen LogP contribution in [0.3, 0.4) is 0 Å². The topological polar surface area (TPSA) is 92.6 Å². The van der Waals surface area contributed by atoms with Crippen molar-refractivity contribution in [3.05, 3.63) is 33.9 Å². The first-order chi connectivity index (χ1) is 11.5. The van der Waals surface area contributed by atoms with Crippen LogP contribution in [0.25, 0.3) is 0 Å². The summed E-state index contributed by atoms with van der Waals surface area (Å²) < 4.78 is 0. The summed E-state index contributed by atoms with van der Waals surface area (Å²) in [4.78, 5) is 35.5. The number of nitro groups is 1. The molecule has 7 nitrogen and oxygen atoms in total. The van der Waals surface area contributed by atoms with E-state index >= 15 is 0 Å². The summed E-state index contributed by atoms with van der Waals surface area (Å²) in [5.74, 6) is -0.0785. The summed E-state index contributed by atoms with van der Waals surface area (Å²) in [5, 5.41) is 14.2. The van der Waals surface area contributed by atoms with Gasteiger partial charge in [-0.25, -0.2) is 0 Å². The molecule has 0 radical (unpaired) electrons. The minimum absolute atomic E-state index is 0.0310. The minimum Gasteiger partial charge on any atom is -0.382 e. The van der Waals surface area contributed by atoms with Crippen LogP contribution in [0.1, 0.15) is 44.1 Å². The molecule has 1 saturated carbocycles. The number of amides is 2. The first kappa shape index (κ1) is 16.4. The maximum atomic E-state index is 11.8. The smallest absolute Gasteiger partial charge is 0.269 e. The van der Waals surface area contributed by atoms with E-state index < -0.39 is 4.92 Å². The average molecular weight is 331 g/mol. The standard InChI is InChI=1S/C17H21N3O4/c1-11-10-14(20(23)24)6-7-15(11)18-12-2-4-13(5-3-12)19-16(21)8-9-17(19)22/h6-7,10,12-13,18H,2-5,8-9H2,1H3. The lowest BCUT2D eigenvalue weighted by Crippen LogP contribution is -2.43. The Hall–Kier alpha value is -2.44. The Kier molecular flexibility index (Phi) is 4.51. The molecule has 0 bridgehead atoms. The van der Waals surface area contributed by atoms with Gasteiger partial charge in [-0.05, 0) is 44.2 Å². The largest absolute Gasteiger partial charge is 0.382 e. The number of carbonyl (C=O) groups excluding carboxylic acids is 2. The van der Waals surface area contributed by atoms with E-state index in [4.69, 9.17) is 0 Å². The Morgan fingerprint density at radius 3 is 2.29 bits per heavy atom. The second-order valence-corrected chi connectivity index (χ2v) is 6.56. The zero-order chi connectivity index (χ0) is 17.3. The molecule has 0 unspecified atom stereocenters. The van der Waals surface area contributed by atoms with Crippen LogP contribution in [0.2, 0.25) is 0 Å². The lowest BCUT2D eigenvalue weighted by atomic mass is 9.90. The molecule has 128 valence electrons. The van der Waals surface area contributed by atoms with Crippen molar-refractivity contribution in [1.82, 2.24) is 4.90 Å². The summed E-state index contributed by atoms with van der Waals surface area (Å²) in [5.41, 5.74) is 1.83. The molecule has 0 aromatic heterocycles. The number of rotatable bonds is 4. The number of aryl methyl sites for hydroxylation is 1. The van der Waals surface area contributed by atoms with Crippen LogP contribution in [0.15, 0.2) is 18.2 Å². The van der Waals surface area contributed by atoms with E-state index in [0.29, 0.717) is 12.8 Å². The quantitative estimate of drug-likeness (QED) is 0.520. The summed E-state index contributed by atoms with van der Waals surface area (Å²) in [7, 11) is 0. The third kappa shape index (κ3) is 3.25. The van der Waals surface area contributed by atoms with Crippen LogP contribution in [0.4, 0.5) is 11.4 Å². The third-order valence-electron chi connectivity index (χ3n) is 4.93. The maximum absolute atomic E-state index is 11.8. The SMILES string of the molecule is Cc1cc([N+](=O)[O-])ccc1NC1CCC(N2C(=O)CCC2=O)CC1. The summed E-state index contributed by atoms with van der Waals surface area (Å²) >= 11 is 0. The number of nitrogens with one attached hydrogen (secondary N) is 1. The number of benzene rings is 1. The summed E-state index contributed by atoms with van der Waals surface area (Å²) in [6.07, 6.45) is 4.05. The first-order valence-corrected chi connectivity index (χ1v) is 8.32. The van der Waals surface area contributed by atoms with Gasteiger partial charge >= 0.3 is 0 Å². The highest BCUT2D eigenvalue weighted by atomic mass is 16.6. The molecule has 2 fully saturated rings. The van der Waals surface area contributed by atoms with Crippen LogP contribution < -0.4 is 5.32 Å². The van der Waals surface area contributed by atoms with Crippen LogP contribution in [0.5, 0.6) is 0 Å². The van der Waals surface area contributed by atoms with Gasteiger partial charge in [0.2, 0.25) is 11.8 Å². The Morgan fingerprint density at radius 1 is 1.12 bits per heavy atom. The van der Waals surface area contributed by atoms with Crippen LogP contribution in [0, 0.1) is 17.0 Å². The third-order valence-corrected chi connectivity index (χ3v) is 4.93. The Bertz CT molecular complexity index is 664. The van der Waals surface area contributed by atoms with Gasteiger partial charge in [0.05, 0.1) is 4.92 Å². The number of nitrogens with zero attached hydrogens (tertiary/aromatic N) is 2. The molecule has 1 saturated heterocycles. The zero-order valence-corrected chi connectivity index (χ0v) is 13.7. The van der Waals surface area contributed by atoms with Crippen LogP contribution in [-0.2, 0) is 9.59 Å². The van der Waals surface area contributed by atoms with Gasteiger partial charge in [0.15, 0.2) is 0 Å². The molecule has 1 aliphatic heterocycles. The monoisotopic (exact) mass is 331 g/mol. The van der Waals surface area contributed by atoms with Gasteiger partial charge < -0.3 is 5.32 Å². The van der Waals surface area contributed by atoms with E-state index in [1.54, 1.807) is 12.1 Å². The molecule has 0 atom stereocenters. The fourth-order valence-corrected chi connectivity index (χ4v) is 3.62. The maximum Gasteiger partial charge on any atom is 0.269 e. The van der Waals surface area contributed by atoms with Crippen LogP contribution >= 0.6 is 0 Å². The molecule has 7 heteroatoms. The van der Waals surface area contributed by atoms with E-state index in [-0.39, 0.29) is 29.6 Å². The summed E-state index contributed by atoms with van der Waals surface area (Å²) in [6.45, 7) is 1.85. The molecule has 0 spiro atoms. The Morgan fingerprint density at radius 2 is 1.75 bits per heavy atom. The minimum atomic E-state index is -0.397. The molecular formula is C17H21N3O4.